The number of carbonyl (C=O) groups is 1. The van der Waals surface area contributed by atoms with Gasteiger partial charge in [0.15, 0.2) is 4.77 Å². The lowest BCUT2D eigenvalue weighted by Crippen LogP contribution is -2.31. The van der Waals surface area contributed by atoms with Gasteiger partial charge in [0.25, 0.3) is 5.56 Å². The van der Waals surface area contributed by atoms with E-state index in [1.807, 2.05) is 12.1 Å². The van der Waals surface area contributed by atoms with E-state index in [0.29, 0.717) is 16.8 Å². The summed E-state index contributed by atoms with van der Waals surface area (Å²) in [6, 6.07) is 8.34. The standard InChI is InChI=1S/C18H21N3O2S/c1-11-13(17(23)21-18(24)19-11)9-10-16(22)20-15-8-4-6-12-5-2-3-7-14(12)15/h2-3,5,7,15H,4,6,8-10H2,1H3,(H,20,22)(H2,19,21,23,24)/t15-/m0/s1. The largest absolute Gasteiger partial charge is 0.349 e. The highest BCUT2D eigenvalue weighted by Gasteiger charge is 2.21. The van der Waals surface area contributed by atoms with Crippen LogP contribution < -0.4 is 10.9 Å². The van der Waals surface area contributed by atoms with Crippen LogP contribution in [0.4, 0.5) is 0 Å². The maximum absolute atomic E-state index is 12.3. The highest BCUT2D eigenvalue weighted by atomic mass is 32.1. The van der Waals surface area contributed by atoms with E-state index in [2.05, 4.69) is 27.4 Å². The maximum Gasteiger partial charge on any atom is 0.255 e. The second-order valence-electron chi connectivity index (χ2n) is 6.22. The summed E-state index contributed by atoms with van der Waals surface area (Å²) in [6.07, 6.45) is 3.79. The minimum absolute atomic E-state index is 0.0297. The molecule has 3 rings (SSSR count). The van der Waals surface area contributed by atoms with Crippen LogP contribution in [0.1, 0.15) is 47.7 Å². The molecule has 0 fully saturated rings. The van der Waals surface area contributed by atoms with Crippen molar-refractivity contribution in [2.45, 2.75) is 45.1 Å². The number of benzene rings is 1. The molecule has 0 radical (unpaired) electrons. The molecule has 1 aromatic heterocycles. The fourth-order valence-electron chi connectivity index (χ4n) is 3.34. The third-order valence-corrected chi connectivity index (χ3v) is 4.77. The van der Waals surface area contributed by atoms with E-state index in [0.717, 1.165) is 25.0 Å². The molecule has 6 heteroatoms. The average Bonchev–Trinajstić information content (AvgIpc) is 2.54. The fourth-order valence-corrected chi connectivity index (χ4v) is 3.58. The number of hydrogen-bond donors (Lipinski definition) is 3. The van der Waals surface area contributed by atoms with Crippen molar-refractivity contribution in [1.82, 2.24) is 15.3 Å². The number of aromatic nitrogens is 2. The molecule has 0 saturated heterocycles. The van der Waals surface area contributed by atoms with Crippen LogP contribution in [0.3, 0.4) is 0 Å². The predicted molar refractivity (Wildman–Crippen MR) is 95.6 cm³/mol. The van der Waals surface area contributed by atoms with Gasteiger partial charge >= 0.3 is 0 Å². The summed E-state index contributed by atoms with van der Waals surface area (Å²) >= 11 is 4.94. The number of aryl methyl sites for hydroxylation is 2. The van der Waals surface area contributed by atoms with Gasteiger partial charge in [-0.05, 0) is 56.0 Å². The zero-order chi connectivity index (χ0) is 17.1. The Kier molecular flexibility index (Phi) is 4.94. The monoisotopic (exact) mass is 343 g/mol. The Hall–Kier alpha value is -2.21. The van der Waals surface area contributed by atoms with E-state index in [9.17, 15) is 9.59 Å². The Labute approximate surface area is 145 Å². The Morgan fingerprint density at radius 3 is 2.92 bits per heavy atom. The molecular formula is C18H21N3O2S. The van der Waals surface area contributed by atoms with Gasteiger partial charge in [0, 0.05) is 17.7 Å². The number of hydrogen-bond acceptors (Lipinski definition) is 3. The van der Waals surface area contributed by atoms with Crippen molar-refractivity contribution >= 4 is 18.1 Å². The minimum atomic E-state index is -0.216. The van der Waals surface area contributed by atoms with Gasteiger partial charge in [0.05, 0.1) is 6.04 Å². The lowest BCUT2D eigenvalue weighted by molar-refractivity contribution is -0.121. The van der Waals surface area contributed by atoms with E-state index in [4.69, 9.17) is 12.2 Å². The molecule has 1 aliphatic rings. The van der Waals surface area contributed by atoms with E-state index in [-0.39, 0.29) is 23.9 Å². The maximum atomic E-state index is 12.3. The number of aromatic amines is 2. The third-order valence-electron chi connectivity index (χ3n) is 4.56. The van der Waals surface area contributed by atoms with Crippen LogP contribution in [0.15, 0.2) is 29.1 Å². The number of fused-ring (bicyclic) bond motifs is 1. The zero-order valence-corrected chi connectivity index (χ0v) is 14.5. The summed E-state index contributed by atoms with van der Waals surface area (Å²) in [4.78, 5) is 29.8. The lowest BCUT2D eigenvalue weighted by atomic mass is 9.87. The van der Waals surface area contributed by atoms with E-state index < -0.39 is 0 Å². The average molecular weight is 343 g/mol. The third kappa shape index (κ3) is 3.64. The SMILES string of the molecule is Cc1[nH]c(=S)[nH]c(=O)c1CCC(=O)N[C@H]1CCCc2ccccc21. The number of carbonyl (C=O) groups excluding carboxylic acids is 1. The van der Waals surface area contributed by atoms with E-state index >= 15 is 0 Å². The molecule has 2 aromatic rings. The van der Waals surface area contributed by atoms with Gasteiger partial charge in [-0.3, -0.25) is 14.6 Å². The molecule has 5 nitrogen and oxygen atoms in total. The van der Waals surface area contributed by atoms with Gasteiger partial charge in [-0.25, -0.2) is 0 Å². The van der Waals surface area contributed by atoms with Crippen molar-refractivity contribution in [2.24, 2.45) is 0 Å². The number of rotatable bonds is 4. The van der Waals surface area contributed by atoms with Crippen LogP contribution >= 0.6 is 12.2 Å². The quantitative estimate of drug-likeness (QED) is 0.747. The van der Waals surface area contributed by atoms with E-state index in [1.54, 1.807) is 6.92 Å². The topological polar surface area (TPSA) is 77.8 Å². The Balaban J connectivity index is 1.65. The molecule has 0 unspecified atom stereocenters. The molecule has 0 spiro atoms. The molecule has 0 aliphatic heterocycles. The van der Waals surface area contributed by atoms with Crippen LogP contribution in [0.25, 0.3) is 0 Å². The van der Waals surface area contributed by atoms with E-state index in [1.165, 1.54) is 11.1 Å². The molecule has 1 aliphatic carbocycles. The molecule has 3 N–H and O–H groups in total. The smallest absolute Gasteiger partial charge is 0.255 e. The van der Waals surface area contributed by atoms with Crippen LogP contribution in [-0.4, -0.2) is 15.9 Å². The Morgan fingerprint density at radius 1 is 1.33 bits per heavy atom. The highest BCUT2D eigenvalue weighted by Crippen LogP contribution is 2.29. The molecular weight excluding hydrogens is 322 g/mol. The summed E-state index contributed by atoms with van der Waals surface area (Å²) in [6.45, 7) is 1.80. The minimum Gasteiger partial charge on any atom is -0.349 e. The molecule has 0 saturated carbocycles. The fraction of sp³-hybridized carbons (Fsp3) is 0.389. The first kappa shape index (κ1) is 16.6. The van der Waals surface area contributed by atoms with Gasteiger partial charge in [-0.2, -0.15) is 0 Å². The van der Waals surface area contributed by atoms with Crippen molar-refractivity contribution in [2.75, 3.05) is 0 Å². The van der Waals surface area contributed by atoms with Crippen LogP contribution in [0.5, 0.6) is 0 Å². The summed E-state index contributed by atoms with van der Waals surface area (Å²) in [7, 11) is 0. The normalized spacial score (nSPS) is 16.5. The first-order chi connectivity index (χ1) is 11.5. The van der Waals surface area contributed by atoms with Crippen molar-refractivity contribution in [3.8, 4) is 0 Å². The van der Waals surface area contributed by atoms with Crippen LogP contribution in [0.2, 0.25) is 0 Å². The molecule has 24 heavy (non-hydrogen) atoms. The van der Waals surface area contributed by atoms with Crippen molar-refractivity contribution in [3.05, 3.63) is 61.8 Å². The van der Waals surface area contributed by atoms with Gasteiger partial charge in [0.2, 0.25) is 5.91 Å². The summed E-state index contributed by atoms with van der Waals surface area (Å²) < 4.78 is 0.310. The highest BCUT2D eigenvalue weighted by molar-refractivity contribution is 7.71. The number of nitrogens with one attached hydrogen (secondary N) is 3. The Morgan fingerprint density at radius 2 is 2.12 bits per heavy atom. The van der Waals surface area contributed by atoms with Crippen LogP contribution in [-0.2, 0) is 17.6 Å². The molecule has 1 atom stereocenters. The summed E-state index contributed by atoms with van der Waals surface area (Å²) in [5.74, 6) is -0.0297. The van der Waals surface area contributed by atoms with Gasteiger partial charge in [0.1, 0.15) is 0 Å². The molecule has 1 heterocycles. The Bertz CT molecular complexity index is 869. The first-order valence-electron chi connectivity index (χ1n) is 8.24. The second kappa shape index (κ2) is 7.13. The van der Waals surface area contributed by atoms with Gasteiger partial charge in [-0.15, -0.1) is 0 Å². The molecule has 1 aromatic carbocycles. The van der Waals surface area contributed by atoms with Crippen LogP contribution in [0, 0.1) is 11.7 Å². The van der Waals surface area contributed by atoms with Crippen molar-refractivity contribution in [1.29, 1.82) is 0 Å². The first-order valence-corrected chi connectivity index (χ1v) is 8.64. The van der Waals surface area contributed by atoms with Gasteiger partial charge in [-0.1, -0.05) is 24.3 Å². The van der Waals surface area contributed by atoms with Crippen molar-refractivity contribution < 1.29 is 4.79 Å². The number of amides is 1. The van der Waals surface area contributed by atoms with Gasteiger partial charge < -0.3 is 10.3 Å². The summed E-state index contributed by atoms with van der Waals surface area (Å²) in [5.41, 5.74) is 3.63. The molecule has 0 bridgehead atoms. The summed E-state index contributed by atoms with van der Waals surface area (Å²) in [5, 5.41) is 3.11. The lowest BCUT2D eigenvalue weighted by Gasteiger charge is -2.26. The molecule has 126 valence electrons. The number of H-pyrrole nitrogens is 2. The second-order valence-corrected chi connectivity index (χ2v) is 6.63. The molecule has 1 amide bonds. The van der Waals surface area contributed by atoms with Crippen molar-refractivity contribution in [3.63, 3.8) is 0 Å². The predicted octanol–water partition coefficient (Wildman–Crippen LogP) is 2.87. The zero-order valence-electron chi connectivity index (χ0n) is 13.6.